The fourth-order valence-electron chi connectivity index (χ4n) is 0.704. The third kappa shape index (κ3) is 2.22. The number of pyridine rings is 1. The Kier molecular flexibility index (Phi) is 2.63. The fourth-order valence-corrected chi connectivity index (χ4v) is 0.862. The zero-order valence-electron chi connectivity index (χ0n) is 6.19. The summed E-state index contributed by atoms with van der Waals surface area (Å²) in [5.41, 5.74) is 1.06. The summed E-state index contributed by atoms with van der Waals surface area (Å²) in [6, 6.07) is 0.787. The number of nitrogen functional groups attached to an aromatic ring is 1. The second-order valence-corrected chi connectivity index (χ2v) is 2.56. The highest BCUT2D eigenvalue weighted by Gasteiger charge is 2.31. The molecule has 0 unspecified atom stereocenters. The van der Waals surface area contributed by atoms with E-state index in [1.165, 1.54) is 0 Å². The maximum absolute atomic E-state index is 12.1. The second kappa shape index (κ2) is 3.39. The zero-order valence-corrected chi connectivity index (χ0v) is 6.95. The van der Waals surface area contributed by atoms with E-state index in [1.54, 1.807) is 0 Å². The number of hydrogen-bond donors (Lipinski definition) is 2. The summed E-state index contributed by atoms with van der Waals surface area (Å²) in [6.45, 7) is 0. The minimum absolute atomic E-state index is 0.0588. The molecule has 0 aromatic carbocycles. The molecule has 0 amide bonds. The van der Waals surface area contributed by atoms with Gasteiger partial charge in [-0.2, -0.15) is 13.2 Å². The van der Waals surface area contributed by atoms with Crippen LogP contribution in [0.5, 0.6) is 0 Å². The average molecular weight is 212 g/mol. The topological polar surface area (TPSA) is 50.9 Å². The molecule has 72 valence electrons. The summed E-state index contributed by atoms with van der Waals surface area (Å²) in [4.78, 5) is 3.32. The number of nitrogens with zero attached hydrogens (tertiary/aromatic N) is 1. The summed E-state index contributed by atoms with van der Waals surface area (Å²) in [5.74, 6) is 4.92. The smallest absolute Gasteiger partial charge is 0.321 e. The Morgan fingerprint density at radius 1 is 1.46 bits per heavy atom. The molecule has 3 nitrogen and oxygen atoms in total. The van der Waals surface area contributed by atoms with E-state index in [2.05, 4.69) is 4.98 Å². The Morgan fingerprint density at radius 2 is 2.08 bits per heavy atom. The first-order valence-electron chi connectivity index (χ1n) is 3.14. The highest BCUT2D eigenvalue weighted by atomic mass is 35.5. The van der Waals surface area contributed by atoms with E-state index in [9.17, 15) is 13.2 Å². The van der Waals surface area contributed by atoms with Crippen LogP contribution < -0.4 is 11.3 Å². The molecule has 0 aliphatic carbocycles. The normalized spacial score (nSPS) is 11.5. The predicted molar refractivity (Wildman–Crippen MR) is 42.1 cm³/mol. The number of rotatable bonds is 1. The largest absolute Gasteiger partial charge is 0.417 e. The Labute approximate surface area is 76.7 Å². The van der Waals surface area contributed by atoms with Crippen LogP contribution in [0.1, 0.15) is 5.56 Å². The van der Waals surface area contributed by atoms with Gasteiger partial charge in [0, 0.05) is 6.20 Å². The zero-order chi connectivity index (χ0) is 10.1. The lowest BCUT2D eigenvalue weighted by Gasteiger charge is -2.08. The van der Waals surface area contributed by atoms with Gasteiger partial charge in [0.05, 0.1) is 11.3 Å². The molecule has 0 atom stereocenters. The van der Waals surface area contributed by atoms with E-state index < -0.39 is 11.7 Å². The summed E-state index contributed by atoms with van der Waals surface area (Å²) in [7, 11) is 0. The van der Waals surface area contributed by atoms with Crippen LogP contribution in [0.15, 0.2) is 12.3 Å². The van der Waals surface area contributed by atoms with Crippen molar-refractivity contribution in [3.05, 3.63) is 23.0 Å². The van der Waals surface area contributed by atoms with Crippen molar-refractivity contribution in [1.82, 2.24) is 4.98 Å². The van der Waals surface area contributed by atoms with Gasteiger partial charge in [0.25, 0.3) is 0 Å². The van der Waals surface area contributed by atoms with Crippen molar-refractivity contribution in [3.63, 3.8) is 0 Å². The highest BCUT2D eigenvalue weighted by Crippen LogP contribution is 2.31. The third-order valence-corrected chi connectivity index (χ3v) is 1.62. The van der Waals surface area contributed by atoms with Crippen LogP contribution in [-0.2, 0) is 6.18 Å². The monoisotopic (exact) mass is 211 g/mol. The standard InChI is InChI=1S/C6H5ClF3N3/c7-5-4(13-11)1-3(2-12-5)6(8,9)10/h1-2,13H,11H2. The highest BCUT2D eigenvalue weighted by molar-refractivity contribution is 6.31. The number of nitrogens with one attached hydrogen (secondary N) is 1. The first-order chi connectivity index (χ1) is 5.95. The van der Waals surface area contributed by atoms with Crippen molar-refractivity contribution in [2.75, 3.05) is 5.43 Å². The molecular weight excluding hydrogens is 207 g/mol. The van der Waals surface area contributed by atoms with Gasteiger partial charge in [-0.3, -0.25) is 5.84 Å². The molecule has 7 heteroatoms. The summed E-state index contributed by atoms with van der Waals surface area (Å²) >= 11 is 5.43. The maximum Gasteiger partial charge on any atom is 0.417 e. The van der Waals surface area contributed by atoms with Gasteiger partial charge in [-0.1, -0.05) is 11.6 Å². The molecule has 0 saturated heterocycles. The molecule has 0 saturated carbocycles. The van der Waals surface area contributed by atoms with Crippen LogP contribution in [0, 0.1) is 0 Å². The van der Waals surface area contributed by atoms with Crippen molar-refractivity contribution in [2.24, 2.45) is 5.84 Å². The van der Waals surface area contributed by atoms with E-state index in [0.29, 0.717) is 6.20 Å². The summed E-state index contributed by atoms with van der Waals surface area (Å²) < 4.78 is 36.3. The number of halogens is 4. The lowest BCUT2D eigenvalue weighted by molar-refractivity contribution is -0.137. The SMILES string of the molecule is NNc1cc(C(F)(F)F)cnc1Cl. The molecular formula is C6H5ClF3N3. The van der Waals surface area contributed by atoms with Crippen LogP contribution in [0.25, 0.3) is 0 Å². The van der Waals surface area contributed by atoms with Gasteiger partial charge in [-0.05, 0) is 6.07 Å². The molecule has 0 bridgehead atoms. The van der Waals surface area contributed by atoms with Crippen LogP contribution in [-0.4, -0.2) is 4.98 Å². The number of hydrogen-bond acceptors (Lipinski definition) is 3. The molecule has 0 aliphatic rings. The van der Waals surface area contributed by atoms with Crippen molar-refractivity contribution in [3.8, 4) is 0 Å². The predicted octanol–water partition coefficient (Wildman–Crippen LogP) is 2.04. The van der Waals surface area contributed by atoms with Crippen LogP contribution >= 0.6 is 11.6 Å². The van der Waals surface area contributed by atoms with E-state index in [1.807, 2.05) is 5.43 Å². The van der Waals surface area contributed by atoms with Crippen LogP contribution in [0.2, 0.25) is 5.15 Å². The molecule has 1 aromatic rings. The summed E-state index contributed by atoms with van der Waals surface area (Å²) in [6.07, 6.45) is -3.80. The van der Waals surface area contributed by atoms with E-state index in [-0.39, 0.29) is 10.8 Å². The molecule has 0 fully saturated rings. The number of nitrogens with two attached hydrogens (primary N) is 1. The second-order valence-electron chi connectivity index (χ2n) is 2.20. The van der Waals surface area contributed by atoms with Gasteiger partial charge < -0.3 is 5.43 Å². The lowest BCUT2D eigenvalue weighted by Crippen LogP contribution is -2.11. The minimum Gasteiger partial charge on any atom is -0.321 e. The van der Waals surface area contributed by atoms with Gasteiger partial charge in [0.2, 0.25) is 0 Å². The van der Waals surface area contributed by atoms with Gasteiger partial charge in [-0.25, -0.2) is 4.98 Å². The minimum atomic E-state index is -4.44. The third-order valence-electron chi connectivity index (χ3n) is 1.32. The van der Waals surface area contributed by atoms with E-state index >= 15 is 0 Å². The van der Waals surface area contributed by atoms with Crippen molar-refractivity contribution in [2.45, 2.75) is 6.18 Å². The Balaban J connectivity index is 3.14. The molecule has 3 N–H and O–H groups in total. The summed E-state index contributed by atoms with van der Waals surface area (Å²) in [5, 5.41) is -0.101. The van der Waals surface area contributed by atoms with Crippen LogP contribution in [0.4, 0.5) is 18.9 Å². The molecule has 13 heavy (non-hydrogen) atoms. The number of alkyl halides is 3. The average Bonchev–Trinajstić information content (AvgIpc) is 2.03. The van der Waals surface area contributed by atoms with Gasteiger partial charge in [0.1, 0.15) is 0 Å². The van der Waals surface area contributed by atoms with Gasteiger partial charge in [-0.15, -0.1) is 0 Å². The van der Waals surface area contributed by atoms with E-state index in [0.717, 1.165) is 6.07 Å². The first kappa shape index (κ1) is 10.1. The quantitative estimate of drug-likeness (QED) is 0.425. The molecule has 1 heterocycles. The molecule has 0 aliphatic heterocycles. The molecule has 1 rings (SSSR count). The number of anilines is 1. The first-order valence-corrected chi connectivity index (χ1v) is 3.52. The van der Waals surface area contributed by atoms with Crippen molar-refractivity contribution < 1.29 is 13.2 Å². The van der Waals surface area contributed by atoms with Crippen molar-refractivity contribution in [1.29, 1.82) is 0 Å². The Hall–Kier alpha value is -1.01. The molecule has 1 aromatic heterocycles. The lowest BCUT2D eigenvalue weighted by atomic mass is 10.2. The Bertz CT molecular complexity index is 312. The van der Waals surface area contributed by atoms with Crippen LogP contribution in [0.3, 0.4) is 0 Å². The molecule has 0 spiro atoms. The molecule has 0 radical (unpaired) electrons. The fraction of sp³-hybridized carbons (Fsp3) is 0.167. The van der Waals surface area contributed by atoms with Gasteiger partial charge >= 0.3 is 6.18 Å². The van der Waals surface area contributed by atoms with E-state index in [4.69, 9.17) is 17.4 Å². The number of hydrazine groups is 1. The number of aromatic nitrogens is 1. The maximum atomic E-state index is 12.1. The van der Waals surface area contributed by atoms with Gasteiger partial charge in [0.15, 0.2) is 5.15 Å². The van der Waals surface area contributed by atoms with Crippen molar-refractivity contribution >= 4 is 17.3 Å². The Morgan fingerprint density at radius 3 is 2.54 bits per heavy atom.